The van der Waals surface area contributed by atoms with E-state index in [1.807, 2.05) is 6.07 Å². The number of azide groups is 1. The van der Waals surface area contributed by atoms with Gasteiger partial charge in [0, 0.05) is 12.3 Å². The first-order valence-electron chi connectivity index (χ1n) is 13.9. The Bertz CT molecular complexity index is 1320. The van der Waals surface area contributed by atoms with Gasteiger partial charge in [0.2, 0.25) is 0 Å². The van der Waals surface area contributed by atoms with Crippen molar-refractivity contribution in [2.24, 2.45) is 28.8 Å². The Labute approximate surface area is 222 Å². The minimum absolute atomic E-state index is 0.0956. The largest absolute Gasteiger partial charge is 0.0903 e. The topological polar surface area (TPSA) is 48.8 Å². The summed E-state index contributed by atoms with van der Waals surface area (Å²) in [6.45, 7) is 0. The van der Waals surface area contributed by atoms with Gasteiger partial charge in [-0.3, -0.25) is 0 Å². The molecule has 0 radical (unpaired) electrons. The summed E-state index contributed by atoms with van der Waals surface area (Å²) in [6.07, 6.45) is 3.98. The molecule has 0 unspecified atom stereocenters. The molecule has 0 aromatic heterocycles. The van der Waals surface area contributed by atoms with Crippen LogP contribution in [0.15, 0.2) is 126 Å². The number of nitrogens with zero attached hydrogens (tertiary/aromatic N) is 3. The van der Waals surface area contributed by atoms with E-state index in [9.17, 15) is 6.90 Å². The molecule has 1 saturated carbocycles. The molecule has 4 aromatic carbocycles. The van der Waals surface area contributed by atoms with E-state index in [-0.39, 0.29) is 17.8 Å². The highest BCUT2D eigenvalue weighted by molar-refractivity contribution is 5.23. The number of benzene rings is 4. The number of hydrogen-bond acceptors (Lipinski definition) is 1. The van der Waals surface area contributed by atoms with Crippen LogP contribution in [0.1, 0.15) is 30.0 Å². The molecule has 1 aliphatic carbocycles. The van der Waals surface area contributed by atoms with Crippen LogP contribution < -0.4 is 0 Å². The maximum absolute atomic E-state index is 9.67. The van der Waals surface area contributed by atoms with Gasteiger partial charge in [0.1, 0.15) is 0 Å². The Morgan fingerprint density at radius 3 is 1.38 bits per heavy atom. The van der Waals surface area contributed by atoms with Gasteiger partial charge in [0.15, 0.2) is 0 Å². The normalized spacial score (nSPS) is 25.6. The average molecular weight is 488 g/mol. The summed E-state index contributed by atoms with van der Waals surface area (Å²) in [5.74, 6) is 0.658. The van der Waals surface area contributed by atoms with Gasteiger partial charge in [-0.05, 0) is 83.6 Å². The zero-order valence-electron chi connectivity index (χ0n) is 22.2. The maximum atomic E-state index is 9.67. The van der Waals surface area contributed by atoms with Gasteiger partial charge in [0.25, 0.3) is 0 Å². The van der Waals surface area contributed by atoms with Gasteiger partial charge in [-0.25, -0.2) is 0 Å². The Kier molecular flexibility index (Phi) is 7.92. The minimum Gasteiger partial charge on any atom is -0.0903 e. The van der Waals surface area contributed by atoms with Crippen molar-refractivity contribution < 1.29 is 1.37 Å². The molecule has 4 aromatic rings. The van der Waals surface area contributed by atoms with Crippen molar-refractivity contribution >= 4 is 0 Å². The quantitative estimate of drug-likeness (QED) is 0.129. The highest BCUT2D eigenvalue weighted by atomic mass is 15.2. The number of hydrogen-bond donors (Lipinski definition) is 0. The lowest BCUT2D eigenvalue weighted by atomic mass is 9.59. The standard InChI is InChI=1S/C34H35N3/c35-37-36-34-25-30(21-26-13-5-1-6-14-26)31(22-27-15-7-2-8-16-27)32(23-28-17-9-3-10-18-28)33(34)24-29-19-11-4-12-20-29/h1-20,30-34H,21-25H2/t30-,31+,32-,33+,34+/m1/s1/i34T. The molecule has 1 aliphatic rings. The van der Waals surface area contributed by atoms with Crippen molar-refractivity contribution in [2.75, 3.05) is 0 Å². The molecule has 0 amide bonds. The fourth-order valence-electron chi connectivity index (χ4n) is 6.30. The van der Waals surface area contributed by atoms with Crippen LogP contribution in [0.3, 0.4) is 0 Å². The van der Waals surface area contributed by atoms with Gasteiger partial charge in [0.05, 0.1) is 0 Å². The van der Waals surface area contributed by atoms with E-state index in [0.29, 0.717) is 12.3 Å². The van der Waals surface area contributed by atoms with Crippen molar-refractivity contribution in [1.82, 2.24) is 0 Å². The van der Waals surface area contributed by atoms with Crippen molar-refractivity contribution in [2.45, 2.75) is 38.1 Å². The first-order chi connectivity index (χ1) is 18.6. The molecule has 37 heavy (non-hydrogen) atoms. The van der Waals surface area contributed by atoms with Crippen LogP contribution in [0.25, 0.3) is 10.4 Å². The van der Waals surface area contributed by atoms with Gasteiger partial charge in [-0.2, -0.15) is 0 Å². The molecular formula is C34H35N3. The van der Waals surface area contributed by atoms with Crippen LogP contribution in [-0.4, -0.2) is 6.02 Å². The SMILES string of the molecule is [3H][C@]1(N=[N+]=[N-])C[C@@H](Cc2ccccc2)[C@H](Cc2ccccc2)[C@@H](Cc2ccccc2)[C@@H]1Cc1ccccc1. The zero-order valence-corrected chi connectivity index (χ0v) is 21.2. The Balaban J connectivity index is 1.61. The van der Waals surface area contributed by atoms with E-state index in [2.05, 4.69) is 125 Å². The third-order valence-electron chi connectivity index (χ3n) is 8.01. The second-order valence-electron chi connectivity index (χ2n) is 10.3. The molecule has 0 aliphatic heterocycles. The molecule has 0 spiro atoms. The summed E-state index contributed by atoms with van der Waals surface area (Å²) in [5, 5.41) is 4.27. The fraction of sp³-hybridized carbons (Fsp3) is 0.294. The smallest absolute Gasteiger partial charge is 0.0411 e. The van der Waals surface area contributed by atoms with Crippen molar-refractivity contribution in [3.8, 4) is 0 Å². The van der Waals surface area contributed by atoms with Gasteiger partial charge < -0.3 is 0 Å². The minimum atomic E-state index is -1.21. The van der Waals surface area contributed by atoms with Crippen LogP contribution >= 0.6 is 0 Å². The summed E-state index contributed by atoms with van der Waals surface area (Å²) in [4.78, 5) is 3.25. The third-order valence-corrected chi connectivity index (χ3v) is 8.01. The number of rotatable bonds is 9. The molecule has 5 rings (SSSR count). The second kappa shape index (κ2) is 12.4. The first kappa shape index (κ1) is 23.6. The average Bonchev–Trinajstić information content (AvgIpc) is 2.95. The van der Waals surface area contributed by atoms with Crippen LogP contribution in [0.4, 0.5) is 0 Å². The lowest BCUT2D eigenvalue weighted by Gasteiger charge is -2.47. The molecule has 0 bridgehead atoms. The highest BCUT2D eigenvalue weighted by Crippen LogP contribution is 2.46. The molecule has 186 valence electrons. The Hall–Kier alpha value is -3.81. The zero-order chi connectivity index (χ0) is 26.2. The van der Waals surface area contributed by atoms with E-state index >= 15 is 0 Å². The van der Waals surface area contributed by atoms with E-state index in [1.54, 1.807) is 0 Å². The summed E-state index contributed by atoms with van der Waals surface area (Å²) < 4.78 is 9.67. The summed E-state index contributed by atoms with van der Waals surface area (Å²) in [6, 6.07) is 41.2. The monoisotopic (exact) mass is 487 g/mol. The van der Waals surface area contributed by atoms with Gasteiger partial charge in [-0.1, -0.05) is 126 Å². The molecule has 1 fully saturated rings. The molecule has 3 heteroatoms. The first-order valence-corrected chi connectivity index (χ1v) is 13.4. The summed E-state index contributed by atoms with van der Waals surface area (Å²) in [5.41, 5.74) is 14.7. The molecule has 3 nitrogen and oxygen atoms in total. The summed E-state index contributed by atoms with van der Waals surface area (Å²) in [7, 11) is 0. The van der Waals surface area contributed by atoms with Crippen LogP contribution in [0.2, 0.25) is 0 Å². The lowest BCUT2D eigenvalue weighted by Crippen LogP contribution is -2.45. The Morgan fingerprint density at radius 1 is 0.568 bits per heavy atom. The maximum Gasteiger partial charge on any atom is 0.0411 e. The van der Waals surface area contributed by atoms with E-state index in [4.69, 9.17) is 0 Å². The van der Waals surface area contributed by atoms with E-state index in [1.165, 1.54) is 22.3 Å². The predicted octanol–water partition coefficient (Wildman–Crippen LogP) is 8.50. The van der Waals surface area contributed by atoms with Crippen molar-refractivity contribution in [3.63, 3.8) is 0 Å². The molecule has 0 saturated heterocycles. The van der Waals surface area contributed by atoms with Crippen LogP contribution in [0, 0.1) is 23.7 Å². The molecule has 5 atom stereocenters. The molecule has 0 N–H and O–H groups in total. The van der Waals surface area contributed by atoms with Gasteiger partial charge >= 0.3 is 0 Å². The predicted molar refractivity (Wildman–Crippen MR) is 152 cm³/mol. The summed E-state index contributed by atoms with van der Waals surface area (Å²) >= 11 is 0. The van der Waals surface area contributed by atoms with Crippen LogP contribution in [0.5, 0.6) is 0 Å². The highest BCUT2D eigenvalue weighted by Gasteiger charge is 2.44. The lowest BCUT2D eigenvalue weighted by molar-refractivity contribution is 0.0688. The third kappa shape index (κ3) is 6.50. The fourth-order valence-corrected chi connectivity index (χ4v) is 6.30. The van der Waals surface area contributed by atoms with Crippen molar-refractivity contribution in [3.05, 3.63) is 154 Å². The van der Waals surface area contributed by atoms with Gasteiger partial charge in [-0.15, -0.1) is 0 Å². The molecule has 0 heterocycles. The Morgan fingerprint density at radius 2 is 0.946 bits per heavy atom. The second-order valence-corrected chi connectivity index (χ2v) is 10.3. The van der Waals surface area contributed by atoms with Crippen molar-refractivity contribution in [1.29, 1.82) is 0 Å². The van der Waals surface area contributed by atoms with E-state index < -0.39 is 6.02 Å². The molecular weight excluding hydrogens is 450 g/mol. The van der Waals surface area contributed by atoms with E-state index in [0.717, 1.165) is 25.7 Å². The van der Waals surface area contributed by atoms with Crippen LogP contribution in [-0.2, 0) is 25.7 Å².